The van der Waals surface area contributed by atoms with E-state index in [2.05, 4.69) is 6.92 Å². The third-order valence-corrected chi connectivity index (χ3v) is 2.98. The summed E-state index contributed by atoms with van der Waals surface area (Å²) in [6, 6.07) is 0. The summed E-state index contributed by atoms with van der Waals surface area (Å²) < 4.78 is 0. The number of rotatable bonds is 12. The Hall–Kier alpha value is 0.0700. The first kappa shape index (κ1) is 81.0. The molecule has 0 radical (unpaired) electrons. The second kappa shape index (κ2) is 72.1. The number of aliphatic carboxylic acids is 1. The van der Waals surface area contributed by atoms with E-state index in [1.807, 2.05) is 0 Å². The number of hydrogen-bond acceptors (Lipinski definition) is 2. The van der Waals surface area contributed by atoms with Crippen LogP contribution in [0.5, 0.6) is 0 Å². The molecule has 0 unspecified atom stereocenters. The molecule has 0 spiro atoms. The molecule has 0 saturated carbocycles. The van der Waals surface area contributed by atoms with E-state index in [1.165, 1.54) is 57.8 Å². The molecule has 0 aromatic rings. The van der Waals surface area contributed by atoms with Gasteiger partial charge >= 0.3 is 29.6 Å². The van der Waals surface area contributed by atoms with Gasteiger partial charge in [0.1, 0.15) is 0 Å². The van der Waals surface area contributed by atoms with Crippen molar-refractivity contribution in [3.63, 3.8) is 0 Å². The summed E-state index contributed by atoms with van der Waals surface area (Å²) in [7, 11) is 0. The molecule has 27 heavy (non-hydrogen) atoms. The van der Waals surface area contributed by atoms with Crippen LogP contribution in [-0.2, 0) is 4.79 Å². The summed E-state index contributed by atoms with van der Waals surface area (Å²) in [5.74, 6) is -0.907. The molecule has 0 amide bonds. The Labute approximate surface area is 184 Å². The molecule has 13 heteroatoms. The minimum atomic E-state index is -0.907. The predicted molar refractivity (Wildman–Crippen MR) is 102 cm³/mol. The third kappa shape index (κ3) is 88.4. The van der Waals surface area contributed by atoms with Crippen molar-refractivity contribution in [1.29, 1.82) is 0 Å². The summed E-state index contributed by atoms with van der Waals surface area (Å²) in [6.07, 6.45) is 14.0. The van der Waals surface area contributed by atoms with Gasteiger partial charge in [-0.25, -0.2) is 0 Å². The zero-order chi connectivity index (χ0) is 12.1. The van der Waals surface area contributed by atoms with Gasteiger partial charge in [-0.1, -0.05) is 71.1 Å². The fourth-order valence-electron chi connectivity index (χ4n) is 1.93. The second-order valence-corrected chi connectivity index (χ2v) is 4.66. The maximum Gasteiger partial charge on any atom is 1.00 e. The van der Waals surface area contributed by atoms with Crippen LogP contribution in [0.15, 0.2) is 0 Å². The van der Waals surface area contributed by atoms with Crippen molar-refractivity contribution < 1.29 is 94.2 Å². The summed E-state index contributed by atoms with van der Waals surface area (Å²) >= 11 is 0. The van der Waals surface area contributed by atoms with E-state index in [4.69, 9.17) is 0 Å². The normalized spacial score (nSPS) is 6.26. The zero-order valence-corrected chi connectivity index (χ0v) is 18.8. The van der Waals surface area contributed by atoms with Gasteiger partial charge in [0.25, 0.3) is 0 Å². The Balaban J connectivity index is -0.0000000205. The monoisotopic (exact) mass is 430 g/mol. The van der Waals surface area contributed by atoms with Crippen LogP contribution in [0.3, 0.4) is 0 Å². The van der Waals surface area contributed by atoms with Gasteiger partial charge in [0.2, 0.25) is 0 Å². The standard InChI is InChI=1S/C14H28O2.Na.10H2O/c1-2-3-4-5-6-7-8-9-10-11-12-13-14(15)16;;;;;;;;;;;/h2-13H2,1H3,(H,15,16);;10*1H2/q;+1;;;;;;;;;;/p-1. The quantitative estimate of drug-likeness (QED) is 0.215. The van der Waals surface area contributed by atoms with E-state index in [1.54, 1.807) is 0 Å². The molecule has 0 saturated heterocycles. The van der Waals surface area contributed by atoms with Crippen molar-refractivity contribution in [3.8, 4) is 0 Å². The summed E-state index contributed by atoms with van der Waals surface area (Å²) in [6.45, 7) is 2.24. The van der Waals surface area contributed by atoms with Crippen molar-refractivity contribution in [2.24, 2.45) is 0 Å². The first-order valence-corrected chi connectivity index (χ1v) is 6.97. The van der Waals surface area contributed by atoms with Gasteiger partial charge < -0.3 is 64.7 Å². The van der Waals surface area contributed by atoms with Crippen LogP contribution in [0, 0.1) is 0 Å². The van der Waals surface area contributed by atoms with E-state index in [0.29, 0.717) is 0 Å². The first-order valence-electron chi connectivity index (χ1n) is 6.97. The van der Waals surface area contributed by atoms with E-state index in [0.717, 1.165) is 12.8 Å². The third-order valence-electron chi connectivity index (χ3n) is 2.98. The molecule has 176 valence electrons. The van der Waals surface area contributed by atoms with E-state index >= 15 is 0 Å². The zero-order valence-electron chi connectivity index (χ0n) is 16.8. The van der Waals surface area contributed by atoms with Gasteiger partial charge in [0.15, 0.2) is 0 Å². The average Bonchev–Trinajstić information content (AvgIpc) is 2.25. The summed E-state index contributed by atoms with van der Waals surface area (Å²) in [4.78, 5) is 10.1. The fraction of sp³-hybridized carbons (Fsp3) is 0.929. The molecule has 0 aliphatic heterocycles. The van der Waals surface area contributed by atoms with Crippen LogP contribution in [0.1, 0.15) is 84.0 Å². The second-order valence-electron chi connectivity index (χ2n) is 4.66. The largest absolute Gasteiger partial charge is 1.00 e. The summed E-state index contributed by atoms with van der Waals surface area (Å²) in [5.41, 5.74) is 0. The maximum atomic E-state index is 10.1. The molecule has 0 atom stereocenters. The number of carbonyl (C=O) groups excluding carboxylic acids is 1. The Morgan fingerprint density at radius 2 is 0.741 bits per heavy atom. The number of carboxylic acid groups (broad SMARTS) is 1. The molecular formula is C14H47NaO12. The Morgan fingerprint density at radius 1 is 0.519 bits per heavy atom. The van der Waals surface area contributed by atoms with Gasteiger partial charge in [-0.05, 0) is 12.8 Å². The van der Waals surface area contributed by atoms with Gasteiger partial charge in [-0.15, -0.1) is 0 Å². The molecular weight excluding hydrogens is 383 g/mol. The molecule has 20 N–H and O–H groups in total. The van der Waals surface area contributed by atoms with Crippen molar-refractivity contribution in [2.75, 3.05) is 0 Å². The number of carbonyl (C=O) groups is 1. The van der Waals surface area contributed by atoms with Gasteiger partial charge in [-0.2, -0.15) is 0 Å². The van der Waals surface area contributed by atoms with E-state index < -0.39 is 5.97 Å². The van der Waals surface area contributed by atoms with Crippen LogP contribution in [0.4, 0.5) is 0 Å². The molecule has 0 aliphatic carbocycles. The van der Waals surface area contributed by atoms with Gasteiger partial charge in [-0.3, -0.25) is 0 Å². The molecule has 0 aromatic carbocycles. The molecule has 0 fully saturated rings. The van der Waals surface area contributed by atoms with Crippen molar-refractivity contribution in [2.45, 2.75) is 84.0 Å². The van der Waals surface area contributed by atoms with Crippen molar-refractivity contribution in [3.05, 3.63) is 0 Å². The summed E-state index contributed by atoms with van der Waals surface area (Å²) in [5, 5.41) is 10.1. The first-order chi connectivity index (χ1) is 7.77. The molecule has 12 nitrogen and oxygen atoms in total. The number of hydrogen-bond donors (Lipinski definition) is 0. The van der Waals surface area contributed by atoms with Crippen LogP contribution < -0.4 is 34.7 Å². The number of carboxylic acids is 1. The Morgan fingerprint density at radius 3 is 0.963 bits per heavy atom. The smallest absolute Gasteiger partial charge is 0.550 e. The topological polar surface area (TPSA) is 355 Å². The molecule has 0 bridgehead atoms. The van der Waals surface area contributed by atoms with Gasteiger partial charge in [0.05, 0.1) is 0 Å². The SMILES string of the molecule is CCCCCCCCCCCCCC(=O)[O-].O.O.O.O.O.O.O.O.O.O.[Na+]. The minimum absolute atomic E-state index is 0. The van der Waals surface area contributed by atoms with Crippen molar-refractivity contribution >= 4 is 5.97 Å². The van der Waals surface area contributed by atoms with E-state index in [-0.39, 0.29) is 90.7 Å². The number of unbranched alkanes of at least 4 members (excludes halogenated alkanes) is 10. The Kier molecular flexibility index (Phi) is 216. The maximum absolute atomic E-state index is 10.1. The van der Waals surface area contributed by atoms with E-state index in [9.17, 15) is 9.90 Å². The van der Waals surface area contributed by atoms with Crippen LogP contribution >= 0.6 is 0 Å². The fourth-order valence-corrected chi connectivity index (χ4v) is 1.93. The predicted octanol–water partition coefficient (Wildman–Crippen LogP) is -7.81. The molecule has 0 aliphatic rings. The van der Waals surface area contributed by atoms with Crippen molar-refractivity contribution in [1.82, 2.24) is 0 Å². The van der Waals surface area contributed by atoms with Gasteiger partial charge in [0, 0.05) is 5.97 Å². The van der Waals surface area contributed by atoms with Crippen LogP contribution in [0.25, 0.3) is 0 Å². The Bertz CT molecular complexity index is 178. The molecule has 0 aromatic heterocycles. The van der Waals surface area contributed by atoms with Crippen LogP contribution in [-0.4, -0.2) is 60.7 Å². The molecule has 0 heterocycles. The minimum Gasteiger partial charge on any atom is -0.550 e. The molecule has 0 rings (SSSR count). The van der Waals surface area contributed by atoms with Crippen LogP contribution in [0.2, 0.25) is 0 Å². The average molecular weight is 431 g/mol.